The molecule has 0 aromatic carbocycles. The van der Waals surface area contributed by atoms with Gasteiger partial charge in [0.05, 0.1) is 12.2 Å². The van der Waals surface area contributed by atoms with Gasteiger partial charge in [0.1, 0.15) is 6.04 Å². The molecular weight excluding hydrogens is 254 g/mol. The lowest BCUT2D eigenvalue weighted by Crippen LogP contribution is -2.70. The van der Waals surface area contributed by atoms with Crippen LogP contribution < -0.4 is 5.32 Å². The summed E-state index contributed by atoms with van der Waals surface area (Å²) < 4.78 is 5.10. The van der Waals surface area contributed by atoms with E-state index in [4.69, 9.17) is 4.74 Å². The van der Waals surface area contributed by atoms with E-state index in [1.165, 1.54) is 0 Å². The van der Waals surface area contributed by atoms with Gasteiger partial charge in [-0.25, -0.2) is 0 Å². The van der Waals surface area contributed by atoms with Crippen molar-refractivity contribution in [3.63, 3.8) is 0 Å². The second-order valence-corrected chi connectivity index (χ2v) is 7.20. The summed E-state index contributed by atoms with van der Waals surface area (Å²) in [5, 5.41) is 14.3. The molecule has 3 aliphatic carbocycles. The predicted molar refractivity (Wildman–Crippen MR) is 78.3 cm³/mol. The highest BCUT2D eigenvalue weighted by atomic mass is 16.5. The van der Waals surface area contributed by atoms with Crippen LogP contribution in [0.4, 0.5) is 0 Å². The van der Waals surface area contributed by atoms with Crippen molar-refractivity contribution in [3.8, 4) is 0 Å². The van der Waals surface area contributed by atoms with Crippen molar-refractivity contribution in [2.75, 3.05) is 6.61 Å². The van der Waals surface area contributed by atoms with Gasteiger partial charge in [0.15, 0.2) is 0 Å². The summed E-state index contributed by atoms with van der Waals surface area (Å²) in [5.74, 6) is 0.750. The van der Waals surface area contributed by atoms with E-state index in [-0.39, 0.29) is 23.5 Å². The van der Waals surface area contributed by atoms with Gasteiger partial charge in [-0.15, -0.1) is 0 Å². The van der Waals surface area contributed by atoms with Gasteiger partial charge in [0, 0.05) is 6.04 Å². The Kier molecular flexibility index (Phi) is 4.18. The van der Waals surface area contributed by atoms with Crippen LogP contribution in [0, 0.1) is 17.3 Å². The van der Waals surface area contributed by atoms with Crippen molar-refractivity contribution in [3.05, 3.63) is 0 Å². The molecule has 3 saturated carbocycles. The van der Waals surface area contributed by atoms with Crippen molar-refractivity contribution in [2.45, 2.75) is 71.6 Å². The van der Waals surface area contributed by atoms with E-state index >= 15 is 0 Å². The minimum atomic E-state index is -0.752. The Hall–Kier alpha value is -0.610. The van der Waals surface area contributed by atoms with Crippen molar-refractivity contribution < 1.29 is 14.6 Å². The average Bonchev–Trinajstić information content (AvgIpc) is 2.36. The maximum atomic E-state index is 11.9. The van der Waals surface area contributed by atoms with Crippen molar-refractivity contribution in [1.29, 1.82) is 0 Å². The zero-order valence-electron chi connectivity index (χ0n) is 13.4. The quantitative estimate of drug-likeness (QED) is 0.759. The first kappa shape index (κ1) is 15.8. The van der Waals surface area contributed by atoms with Gasteiger partial charge in [-0.1, -0.05) is 20.8 Å². The van der Waals surface area contributed by atoms with Crippen LogP contribution in [0.5, 0.6) is 0 Å². The lowest BCUT2D eigenvalue weighted by molar-refractivity contribution is -0.211. The minimum Gasteiger partial charge on any atom is -0.465 e. The molecular formula is C16H29NO3. The Bertz CT molecular complexity index is 378. The molecule has 3 rings (SSSR count). The first-order chi connectivity index (χ1) is 9.25. The molecule has 2 N–H and O–H groups in total. The Labute approximate surface area is 122 Å². The van der Waals surface area contributed by atoms with E-state index in [0.29, 0.717) is 24.9 Å². The normalized spacial score (nSPS) is 39.8. The molecule has 5 atom stereocenters. The zero-order chi connectivity index (χ0) is 15.1. The molecule has 3 aliphatic rings. The zero-order valence-corrected chi connectivity index (χ0v) is 13.4. The molecule has 0 heterocycles. The van der Waals surface area contributed by atoms with Crippen LogP contribution in [0.15, 0.2) is 0 Å². The molecule has 0 saturated heterocycles. The molecule has 4 nitrogen and oxygen atoms in total. The van der Waals surface area contributed by atoms with Gasteiger partial charge in [0.2, 0.25) is 0 Å². The van der Waals surface area contributed by atoms with E-state index in [2.05, 4.69) is 19.2 Å². The number of ether oxygens (including phenoxy) is 1. The summed E-state index contributed by atoms with van der Waals surface area (Å²) in [6.07, 6.45) is 2.73. The second kappa shape index (κ2) is 5.30. The van der Waals surface area contributed by atoms with E-state index in [9.17, 15) is 9.90 Å². The Balaban J connectivity index is 2.05. The number of fused-ring (bicyclic) bond motifs is 2. The number of carbonyl (C=O) groups excluding carboxylic acids is 1. The fourth-order valence-corrected chi connectivity index (χ4v) is 4.25. The molecule has 20 heavy (non-hydrogen) atoms. The summed E-state index contributed by atoms with van der Waals surface area (Å²) in [7, 11) is 0. The molecule has 3 fully saturated rings. The highest BCUT2D eigenvalue weighted by Gasteiger charge is 2.62. The standard InChI is InChI=1S/C16H29NO3/c1-6-11(14(18)20-7-2)17-13-9-10-8-12(15(10,3)4)16(13,5)19/h10-13,17,19H,6-9H2,1-5H3/t10-,11-,12-,13?,16?/m1/s1. The van der Waals surface area contributed by atoms with Gasteiger partial charge < -0.3 is 9.84 Å². The first-order valence-electron chi connectivity index (χ1n) is 7.90. The van der Waals surface area contributed by atoms with Crippen LogP contribution in [-0.4, -0.2) is 35.4 Å². The predicted octanol–water partition coefficient (Wildman–Crippen LogP) is 2.10. The van der Waals surface area contributed by atoms with E-state index in [1.807, 2.05) is 20.8 Å². The van der Waals surface area contributed by atoms with Gasteiger partial charge in [-0.3, -0.25) is 10.1 Å². The van der Waals surface area contributed by atoms with Crippen LogP contribution in [0.1, 0.15) is 53.9 Å². The SMILES string of the molecule is CCOC(=O)[C@@H](CC)NC1C[C@H]2C[C@@H](C1(C)O)C2(C)C. The number of esters is 1. The smallest absolute Gasteiger partial charge is 0.323 e. The molecule has 116 valence electrons. The summed E-state index contributed by atoms with van der Waals surface area (Å²) in [5.41, 5.74) is -0.536. The topological polar surface area (TPSA) is 58.6 Å². The summed E-state index contributed by atoms with van der Waals surface area (Å²) in [6, 6.07) is -0.333. The van der Waals surface area contributed by atoms with Crippen LogP contribution in [0.3, 0.4) is 0 Å². The van der Waals surface area contributed by atoms with Crippen molar-refractivity contribution >= 4 is 5.97 Å². The third-order valence-electron chi connectivity index (χ3n) is 5.78. The molecule has 2 unspecified atom stereocenters. The van der Waals surface area contributed by atoms with Gasteiger partial charge >= 0.3 is 5.97 Å². The largest absolute Gasteiger partial charge is 0.465 e. The molecule has 0 spiro atoms. The first-order valence-corrected chi connectivity index (χ1v) is 7.90. The van der Waals surface area contributed by atoms with Crippen LogP contribution in [0.2, 0.25) is 0 Å². The van der Waals surface area contributed by atoms with Crippen LogP contribution in [0.25, 0.3) is 0 Å². The number of hydrogen-bond acceptors (Lipinski definition) is 4. The number of nitrogens with one attached hydrogen (secondary N) is 1. The van der Waals surface area contributed by atoms with Gasteiger partial charge in [-0.2, -0.15) is 0 Å². The molecule has 0 aliphatic heterocycles. The van der Waals surface area contributed by atoms with Gasteiger partial charge in [0.25, 0.3) is 0 Å². The van der Waals surface area contributed by atoms with Gasteiger partial charge in [-0.05, 0) is 50.4 Å². The summed E-state index contributed by atoms with van der Waals surface area (Å²) in [6.45, 7) is 10.6. The number of carbonyl (C=O) groups is 1. The Morgan fingerprint density at radius 2 is 2.00 bits per heavy atom. The maximum Gasteiger partial charge on any atom is 0.323 e. The molecule has 2 bridgehead atoms. The fourth-order valence-electron chi connectivity index (χ4n) is 4.25. The van der Waals surface area contributed by atoms with Crippen molar-refractivity contribution in [2.24, 2.45) is 17.3 Å². The number of aliphatic hydroxyl groups is 1. The molecule has 0 radical (unpaired) electrons. The highest BCUT2D eigenvalue weighted by molar-refractivity contribution is 5.75. The molecule has 0 amide bonds. The summed E-state index contributed by atoms with van der Waals surface area (Å²) in [4.78, 5) is 11.9. The number of rotatable bonds is 5. The molecule has 0 aromatic heterocycles. The van der Waals surface area contributed by atoms with Crippen molar-refractivity contribution in [1.82, 2.24) is 5.32 Å². The molecule has 0 aromatic rings. The Morgan fingerprint density at radius 1 is 1.35 bits per heavy atom. The fraction of sp³-hybridized carbons (Fsp3) is 0.938. The number of hydrogen-bond donors (Lipinski definition) is 2. The third kappa shape index (κ3) is 2.37. The minimum absolute atomic E-state index is 0.0198. The van der Waals surface area contributed by atoms with E-state index in [0.717, 1.165) is 12.8 Å². The molecule has 4 heteroatoms. The monoisotopic (exact) mass is 283 g/mol. The third-order valence-corrected chi connectivity index (χ3v) is 5.78. The Morgan fingerprint density at radius 3 is 2.45 bits per heavy atom. The van der Waals surface area contributed by atoms with Crippen LogP contribution >= 0.6 is 0 Å². The van der Waals surface area contributed by atoms with Crippen LogP contribution in [-0.2, 0) is 9.53 Å². The summed E-state index contributed by atoms with van der Waals surface area (Å²) >= 11 is 0. The van der Waals surface area contributed by atoms with E-state index in [1.54, 1.807) is 0 Å². The second-order valence-electron chi connectivity index (χ2n) is 7.20. The lowest BCUT2D eigenvalue weighted by Gasteiger charge is -2.65. The maximum absolute atomic E-state index is 11.9. The average molecular weight is 283 g/mol. The highest BCUT2D eigenvalue weighted by Crippen LogP contribution is 2.62. The van der Waals surface area contributed by atoms with E-state index < -0.39 is 5.60 Å². The lowest BCUT2D eigenvalue weighted by atomic mass is 9.43.